The number of nitrogens with one attached hydrogen (secondary N) is 1. The molecular weight excluding hydrogens is 361 g/mol. The largest absolute Gasteiger partial charge is 0.345 e. The van der Waals surface area contributed by atoms with Crippen LogP contribution in [0.1, 0.15) is 36.1 Å². The second-order valence-corrected chi connectivity index (χ2v) is 6.80. The van der Waals surface area contributed by atoms with Gasteiger partial charge < -0.3 is 14.8 Å². The summed E-state index contributed by atoms with van der Waals surface area (Å²) >= 11 is 0. The number of halogens is 1. The van der Waals surface area contributed by atoms with E-state index in [-0.39, 0.29) is 23.6 Å². The topological polar surface area (TPSA) is 88.8 Å². The van der Waals surface area contributed by atoms with Crippen molar-refractivity contribution in [2.45, 2.75) is 26.8 Å². The summed E-state index contributed by atoms with van der Waals surface area (Å²) in [6.07, 6.45) is 4.18. The maximum absolute atomic E-state index is 14.4. The van der Waals surface area contributed by atoms with Gasteiger partial charge >= 0.3 is 0 Å². The highest BCUT2D eigenvalue weighted by atomic mass is 19.1. The SMILES string of the molecule is Cc1ncc(-c2nc(Nc3ccc(C(=O)N(C)C)cn3)ncc2F)n1C(C)C. The summed E-state index contributed by atoms with van der Waals surface area (Å²) in [5, 5.41) is 2.94. The molecular formula is C19H22FN7O. The Hall–Kier alpha value is -3.36. The first-order valence-corrected chi connectivity index (χ1v) is 8.79. The number of aromatic nitrogens is 5. The minimum absolute atomic E-state index is 0.103. The standard InChI is InChI=1S/C19H22FN7O/c1-11(2)27-12(3)21-10-15(27)17-14(20)9-23-19(25-17)24-16-7-6-13(8-22-16)18(28)26(4)5/h6-11H,1-5H3,(H,22,23,24,25). The van der Waals surface area contributed by atoms with Crippen LogP contribution in [0, 0.1) is 12.7 Å². The number of anilines is 2. The number of hydrogen-bond acceptors (Lipinski definition) is 6. The molecule has 0 saturated heterocycles. The zero-order valence-electron chi connectivity index (χ0n) is 16.4. The summed E-state index contributed by atoms with van der Waals surface area (Å²) in [5.41, 5.74) is 1.20. The van der Waals surface area contributed by atoms with E-state index in [4.69, 9.17) is 0 Å². The molecule has 3 aromatic heterocycles. The molecule has 0 aromatic carbocycles. The molecule has 0 atom stereocenters. The van der Waals surface area contributed by atoms with Gasteiger partial charge in [-0.15, -0.1) is 0 Å². The number of nitrogens with zero attached hydrogens (tertiary/aromatic N) is 6. The first kappa shape index (κ1) is 19.4. The van der Waals surface area contributed by atoms with Crippen LogP contribution < -0.4 is 5.32 Å². The molecule has 3 heterocycles. The summed E-state index contributed by atoms with van der Waals surface area (Å²) in [4.78, 5) is 30.2. The van der Waals surface area contributed by atoms with E-state index in [1.54, 1.807) is 32.4 Å². The number of carbonyl (C=O) groups excluding carboxylic acids is 1. The zero-order valence-corrected chi connectivity index (χ0v) is 16.4. The molecule has 8 nitrogen and oxygen atoms in total. The smallest absolute Gasteiger partial charge is 0.254 e. The zero-order chi connectivity index (χ0) is 20.4. The summed E-state index contributed by atoms with van der Waals surface area (Å²) in [5.74, 6) is 0.746. The van der Waals surface area contributed by atoms with Crippen LogP contribution in [-0.2, 0) is 0 Å². The van der Waals surface area contributed by atoms with Crippen molar-refractivity contribution in [3.8, 4) is 11.4 Å². The Bertz CT molecular complexity index is 996. The first-order chi connectivity index (χ1) is 13.3. The molecule has 0 radical (unpaired) electrons. The van der Waals surface area contributed by atoms with E-state index in [9.17, 15) is 9.18 Å². The molecule has 28 heavy (non-hydrogen) atoms. The predicted octanol–water partition coefficient (Wildman–Crippen LogP) is 3.21. The van der Waals surface area contributed by atoms with Gasteiger partial charge in [0.25, 0.3) is 5.91 Å². The van der Waals surface area contributed by atoms with Crippen LogP contribution in [0.25, 0.3) is 11.4 Å². The molecule has 1 amide bonds. The van der Waals surface area contributed by atoms with Crippen LogP contribution in [-0.4, -0.2) is 49.4 Å². The van der Waals surface area contributed by atoms with E-state index < -0.39 is 5.82 Å². The van der Waals surface area contributed by atoms with Gasteiger partial charge in [0.05, 0.1) is 23.7 Å². The lowest BCUT2D eigenvalue weighted by molar-refractivity contribution is 0.0827. The summed E-state index contributed by atoms with van der Waals surface area (Å²) in [7, 11) is 3.35. The van der Waals surface area contributed by atoms with Gasteiger partial charge in [-0.05, 0) is 32.9 Å². The van der Waals surface area contributed by atoms with Crippen LogP contribution in [0.4, 0.5) is 16.2 Å². The Morgan fingerprint density at radius 1 is 1.14 bits per heavy atom. The number of carbonyl (C=O) groups is 1. The average Bonchev–Trinajstić information content (AvgIpc) is 3.04. The number of hydrogen-bond donors (Lipinski definition) is 1. The van der Waals surface area contributed by atoms with Gasteiger partial charge in [-0.3, -0.25) is 4.79 Å². The third-order valence-electron chi connectivity index (χ3n) is 4.14. The van der Waals surface area contributed by atoms with Gasteiger partial charge in [0.1, 0.15) is 17.3 Å². The van der Waals surface area contributed by atoms with Crippen molar-refractivity contribution >= 4 is 17.7 Å². The average molecular weight is 383 g/mol. The van der Waals surface area contributed by atoms with Crippen molar-refractivity contribution in [2.24, 2.45) is 0 Å². The fraction of sp³-hybridized carbons (Fsp3) is 0.316. The van der Waals surface area contributed by atoms with Crippen LogP contribution in [0.5, 0.6) is 0 Å². The van der Waals surface area contributed by atoms with Crippen LogP contribution in [0.3, 0.4) is 0 Å². The van der Waals surface area contributed by atoms with Crippen LogP contribution in [0.2, 0.25) is 0 Å². The van der Waals surface area contributed by atoms with Crippen molar-refractivity contribution in [1.29, 1.82) is 0 Å². The number of imidazole rings is 1. The molecule has 0 fully saturated rings. The maximum atomic E-state index is 14.4. The quantitative estimate of drug-likeness (QED) is 0.728. The van der Waals surface area contributed by atoms with Crippen molar-refractivity contribution in [3.63, 3.8) is 0 Å². The van der Waals surface area contributed by atoms with Gasteiger partial charge in [0, 0.05) is 26.3 Å². The Balaban J connectivity index is 1.89. The molecule has 3 rings (SSSR count). The van der Waals surface area contributed by atoms with Gasteiger partial charge in [0.15, 0.2) is 5.82 Å². The van der Waals surface area contributed by atoms with Gasteiger partial charge in [-0.2, -0.15) is 0 Å². The summed E-state index contributed by atoms with van der Waals surface area (Å²) < 4.78 is 16.3. The lowest BCUT2D eigenvalue weighted by Crippen LogP contribution is -2.21. The first-order valence-electron chi connectivity index (χ1n) is 8.79. The van der Waals surface area contributed by atoms with E-state index in [2.05, 4.69) is 25.3 Å². The molecule has 0 bridgehead atoms. The monoisotopic (exact) mass is 383 g/mol. The van der Waals surface area contributed by atoms with Gasteiger partial charge in [-0.25, -0.2) is 24.3 Å². The van der Waals surface area contributed by atoms with Crippen molar-refractivity contribution < 1.29 is 9.18 Å². The molecule has 0 unspecified atom stereocenters. The van der Waals surface area contributed by atoms with Crippen LogP contribution in [0.15, 0.2) is 30.7 Å². The fourth-order valence-corrected chi connectivity index (χ4v) is 2.85. The highest BCUT2D eigenvalue weighted by Gasteiger charge is 2.18. The highest BCUT2D eigenvalue weighted by Crippen LogP contribution is 2.26. The Kier molecular flexibility index (Phi) is 5.34. The second kappa shape index (κ2) is 7.71. The van der Waals surface area contributed by atoms with E-state index in [1.807, 2.05) is 25.3 Å². The summed E-state index contributed by atoms with van der Waals surface area (Å²) in [6, 6.07) is 3.40. The minimum Gasteiger partial charge on any atom is -0.345 e. The summed E-state index contributed by atoms with van der Waals surface area (Å²) in [6.45, 7) is 5.86. The number of pyridine rings is 1. The van der Waals surface area contributed by atoms with E-state index in [1.165, 1.54) is 11.1 Å². The van der Waals surface area contributed by atoms with Crippen LogP contribution >= 0.6 is 0 Å². The molecule has 0 aliphatic carbocycles. The molecule has 0 aliphatic rings. The normalized spacial score (nSPS) is 11.0. The third-order valence-corrected chi connectivity index (χ3v) is 4.14. The number of rotatable bonds is 5. The maximum Gasteiger partial charge on any atom is 0.254 e. The second-order valence-electron chi connectivity index (χ2n) is 6.80. The Morgan fingerprint density at radius 2 is 1.89 bits per heavy atom. The lowest BCUT2D eigenvalue weighted by atomic mass is 10.2. The number of aryl methyl sites for hydroxylation is 1. The molecule has 0 saturated carbocycles. The lowest BCUT2D eigenvalue weighted by Gasteiger charge is -2.14. The molecule has 9 heteroatoms. The van der Waals surface area contributed by atoms with E-state index in [0.717, 1.165) is 12.0 Å². The molecule has 3 aromatic rings. The van der Waals surface area contributed by atoms with Crippen molar-refractivity contribution in [3.05, 3.63) is 47.9 Å². The van der Waals surface area contributed by atoms with E-state index >= 15 is 0 Å². The Morgan fingerprint density at radius 3 is 2.50 bits per heavy atom. The van der Waals surface area contributed by atoms with E-state index in [0.29, 0.717) is 17.1 Å². The van der Waals surface area contributed by atoms with Crippen molar-refractivity contribution in [1.82, 2.24) is 29.4 Å². The number of amides is 1. The minimum atomic E-state index is -0.535. The highest BCUT2D eigenvalue weighted by molar-refractivity contribution is 5.93. The van der Waals surface area contributed by atoms with Gasteiger partial charge in [-0.1, -0.05) is 0 Å². The third kappa shape index (κ3) is 3.83. The van der Waals surface area contributed by atoms with Gasteiger partial charge in [0.2, 0.25) is 5.95 Å². The molecule has 0 spiro atoms. The predicted molar refractivity (Wildman–Crippen MR) is 104 cm³/mol. The Labute approximate surface area is 162 Å². The molecule has 146 valence electrons. The van der Waals surface area contributed by atoms with Crippen molar-refractivity contribution in [2.75, 3.05) is 19.4 Å². The molecule has 1 N–H and O–H groups in total. The molecule has 0 aliphatic heterocycles. The fourth-order valence-electron chi connectivity index (χ4n) is 2.85.